The fourth-order valence-corrected chi connectivity index (χ4v) is 6.33. The summed E-state index contributed by atoms with van der Waals surface area (Å²) in [5.41, 5.74) is 9.35. The molecule has 1 atom stereocenters. The van der Waals surface area contributed by atoms with E-state index >= 15 is 0 Å². The van der Waals surface area contributed by atoms with Crippen LogP contribution in [0.25, 0.3) is 44.8 Å². The molecule has 0 saturated carbocycles. The molecule has 4 aromatic heterocycles. The van der Waals surface area contributed by atoms with Crippen molar-refractivity contribution in [2.24, 2.45) is 5.73 Å². The number of amides is 1. The zero-order chi connectivity index (χ0) is 37.0. The lowest BCUT2D eigenvalue weighted by Gasteiger charge is -2.24. The number of aromatic nitrogens is 6. The highest BCUT2D eigenvalue weighted by molar-refractivity contribution is 6.34. The third-order valence-electron chi connectivity index (χ3n) is 8.30. The van der Waals surface area contributed by atoms with Gasteiger partial charge in [0.25, 0.3) is 0 Å². The van der Waals surface area contributed by atoms with Gasteiger partial charge in [-0.3, -0.25) is 4.79 Å². The number of methoxy groups -OCH3 is 2. The van der Waals surface area contributed by atoms with Gasteiger partial charge in [-0.25, -0.2) is 29.3 Å². The van der Waals surface area contributed by atoms with Crippen LogP contribution in [0.4, 0.5) is 10.6 Å². The van der Waals surface area contributed by atoms with Crippen molar-refractivity contribution >= 4 is 51.5 Å². The highest BCUT2D eigenvalue weighted by Gasteiger charge is 2.32. The smallest absolute Gasteiger partial charge is 0.420 e. The Kier molecular flexibility index (Phi) is 10.8. The van der Waals surface area contributed by atoms with E-state index in [1.807, 2.05) is 92.4 Å². The van der Waals surface area contributed by atoms with E-state index in [0.717, 1.165) is 53.1 Å². The number of H-pyrrole nitrogens is 1. The predicted octanol–water partition coefficient (Wildman–Crippen LogP) is 6.91. The second-order valence-corrected chi connectivity index (χ2v) is 13.7. The molecule has 7 rings (SSSR count). The van der Waals surface area contributed by atoms with Crippen molar-refractivity contribution in [2.45, 2.75) is 58.5 Å². The van der Waals surface area contributed by atoms with Crippen molar-refractivity contribution in [3.63, 3.8) is 0 Å². The average Bonchev–Trinajstić information content (AvgIpc) is 3.86. The number of aromatic amines is 1. The summed E-state index contributed by atoms with van der Waals surface area (Å²) < 4.78 is 17.4. The Labute approximate surface area is 306 Å². The normalized spacial score (nSPS) is 14.4. The van der Waals surface area contributed by atoms with Gasteiger partial charge in [0.15, 0.2) is 17.3 Å². The van der Waals surface area contributed by atoms with Crippen LogP contribution in [0.2, 0.25) is 5.15 Å². The van der Waals surface area contributed by atoms with Crippen LogP contribution in [-0.2, 0) is 32.2 Å². The number of nitrogens with two attached hydrogens (primary N) is 1. The van der Waals surface area contributed by atoms with Gasteiger partial charge in [-0.15, -0.1) is 0 Å². The minimum Gasteiger partial charge on any atom is -0.443 e. The number of hydrogen-bond donors (Lipinski definition) is 2. The number of primary amides is 1. The van der Waals surface area contributed by atoms with Gasteiger partial charge in [0.1, 0.15) is 28.3 Å². The maximum absolute atomic E-state index is 12.8. The average molecular weight is 725 g/mol. The van der Waals surface area contributed by atoms with Crippen LogP contribution in [0.5, 0.6) is 0 Å². The number of halogens is 1. The molecule has 52 heavy (non-hydrogen) atoms. The van der Waals surface area contributed by atoms with E-state index < -0.39 is 11.7 Å². The summed E-state index contributed by atoms with van der Waals surface area (Å²) in [5, 5.41) is 1.72. The maximum atomic E-state index is 12.8. The second kappa shape index (κ2) is 15.5. The molecule has 0 aliphatic carbocycles. The first-order chi connectivity index (χ1) is 25.0. The molecule has 6 aromatic rings. The lowest BCUT2D eigenvalue weighted by Crippen LogP contribution is -2.40. The van der Waals surface area contributed by atoms with E-state index in [1.165, 1.54) is 4.57 Å². The van der Waals surface area contributed by atoms with Crippen molar-refractivity contribution < 1.29 is 23.8 Å². The van der Waals surface area contributed by atoms with E-state index in [9.17, 15) is 9.59 Å². The van der Waals surface area contributed by atoms with E-state index in [-0.39, 0.29) is 23.7 Å². The van der Waals surface area contributed by atoms with Gasteiger partial charge < -0.3 is 29.8 Å². The van der Waals surface area contributed by atoms with Gasteiger partial charge in [0, 0.05) is 37.6 Å². The summed E-state index contributed by atoms with van der Waals surface area (Å²) in [6, 6.07) is 22.7. The molecule has 13 nitrogen and oxygen atoms in total. The molecular formula is C38H41ClN8O5. The number of rotatable bonds is 8. The molecule has 1 saturated heterocycles. The molecule has 5 heterocycles. The minimum absolute atomic E-state index is 0.215. The summed E-state index contributed by atoms with van der Waals surface area (Å²) in [6.07, 6.45) is 1.12. The Morgan fingerprint density at radius 3 is 2.12 bits per heavy atom. The van der Waals surface area contributed by atoms with Crippen LogP contribution in [0.3, 0.4) is 0 Å². The molecule has 14 heteroatoms. The Morgan fingerprint density at radius 1 is 0.885 bits per heavy atom. The Bertz CT molecular complexity index is 2200. The number of carbonyl (C=O) groups is 2. The third kappa shape index (κ3) is 7.91. The molecule has 1 aliphatic rings. The van der Waals surface area contributed by atoms with E-state index in [1.54, 1.807) is 20.3 Å². The van der Waals surface area contributed by atoms with Gasteiger partial charge in [-0.1, -0.05) is 72.3 Å². The van der Waals surface area contributed by atoms with Crippen LogP contribution in [0.15, 0.2) is 72.8 Å². The van der Waals surface area contributed by atoms with E-state index in [0.29, 0.717) is 35.0 Å². The molecule has 3 N–H and O–H groups in total. The molecule has 1 aliphatic heterocycles. The van der Waals surface area contributed by atoms with Crippen molar-refractivity contribution in [1.82, 2.24) is 29.5 Å². The zero-order valence-electron chi connectivity index (χ0n) is 29.7. The molecular weight excluding hydrogens is 684 g/mol. The molecule has 0 unspecified atom stereocenters. The summed E-state index contributed by atoms with van der Waals surface area (Å²) in [4.78, 5) is 48.4. The summed E-state index contributed by atoms with van der Waals surface area (Å²) in [6.45, 7) is 6.85. The molecule has 0 radical (unpaired) electrons. The van der Waals surface area contributed by atoms with Crippen LogP contribution in [0.1, 0.15) is 45.0 Å². The number of ether oxygens (including phenoxy) is 3. The molecule has 0 bridgehead atoms. The Hall–Kier alpha value is -5.37. The highest BCUT2D eigenvalue weighted by Crippen LogP contribution is 2.33. The van der Waals surface area contributed by atoms with Gasteiger partial charge in [0.05, 0.1) is 29.7 Å². The van der Waals surface area contributed by atoms with Gasteiger partial charge >= 0.3 is 6.09 Å². The molecule has 2 aromatic carbocycles. The standard InChI is InChI=1S/C19H20ClN3O3.C19H21N5O2/c1-19(2,3)26-18(24)23-13(11-25-4)10-14-15(20)21-16(22-17(14)23)12-8-6-5-7-9-12;1-26-11-13-10-14-18(21-13)22-17(12-6-3-2-4-7-12)23-19(14)24-9-5-8-15(24)16(20)25/h5-10H,11H2,1-4H3;2-4,6-7,10,15H,5,8-9,11H2,1H3,(H2,20,25)(H,21,22,23)/t;15-/m.0/s1. The summed E-state index contributed by atoms with van der Waals surface area (Å²) >= 11 is 6.38. The summed E-state index contributed by atoms with van der Waals surface area (Å²) in [5.74, 6) is 1.49. The minimum atomic E-state index is -0.642. The van der Waals surface area contributed by atoms with Crippen molar-refractivity contribution in [1.29, 1.82) is 0 Å². The Morgan fingerprint density at radius 2 is 1.52 bits per heavy atom. The largest absolute Gasteiger partial charge is 0.443 e. The number of fused-ring (bicyclic) bond motifs is 2. The lowest BCUT2D eigenvalue weighted by molar-refractivity contribution is -0.119. The number of benzene rings is 2. The van der Waals surface area contributed by atoms with Crippen LogP contribution < -0.4 is 10.6 Å². The quantitative estimate of drug-likeness (QED) is 0.158. The number of carbonyl (C=O) groups excluding carboxylic acids is 2. The molecule has 270 valence electrons. The zero-order valence-corrected chi connectivity index (χ0v) is 30.5. The predicted molar refractivity (Wildman–Crippen MR) is 200 cm³/mol. The van der Waals surface area contributed by atoms with Crippen LogP contribution in [-0.4, -0.2) is 73.9 Å². The van der Waals surface area contributed by atoms with Gasteiger partial charge in [-0.2, -0.15) is 0 Å². The third-order valence-corrected chi connectivity index (χ3v) is 8.59. The fourth-order valence-electron chi connectivity index (χ4n) is 6.11. The number of nitrogens with one attached hydrogen (secondary N) is 1. The Balaban J connectivity index is 0.000000179. The second-order valence-electron chi connectivity index (χ2n) is 13.3. The van der Waals surface area contributed by atoms with E-state index in [2.05, 4.69) is 19.9 Å². The van der Waals surface area contributed by atoms with Crippen molar-refractivity contribution in [3.05, 3.63) is 89.3 Å². The van der Waals surface area contributed by atoms with Gasteiger partial charge in [-0.05, 0) is 45.7 Å². The number of anilines is 1. The van der Waals surface area contributed by atoms with Crippen LogP contribution in [0, 0.1) is 0 Å². The van der Waals surface area contributed by atoms with Crippen molar-refractivity contribution in [2.75, 3.05) is 25.7 Å². The first-order valence-corrected chi connectivity index (χ1v) is 17.2. The first kappa shape index (κ1) is 36.4. The van der Waals surface area contributed by atoms with E-state index in [4.69, 9.17) is 36.5 Å². The summed E-state index contributed by atoms with van der Waals surface area (Å²) in [7, 11) is 3.21. The first-order valence-electron chi connectivity index (χ1n) is 16.8. The molecule has 0 spiro atoms. The maximum Gasteiger partial charge on any atom is 0.420 e. The van der Waals surface area contributed by atoms with Crippen molar-refractivity contribution in [3.8, 4) is 22.8 Å². The van der Waals surface area contributed by atoms with Gasteiger partial charge in [0.2, 0.25) is 5.91 Å². The fraction of sp³-hybridized carbons (Fsp3) is 0.316. The monoisotopic (exact) mass is 724 g/mol. The molecule has 1 fully saturated rings. The number of hydrogen-bond acceptors (Lipinski definition) is 10. The van der Waals surface area contributed by atoms with Crippen LogP contribution >= 0.6 is 11.6 Å². The number of nitrogens with zero attached hydrogens (tertiary/aromatic N) is 6. The molecule has 1 amide bonds. The SMILES string of the molecule is COCc1cc2c(Cl)nc(-c3ccccc3)nc2n1C(=O)OC(C)(C)C.COCc1cc2c(N3CCC[C@H]3C(N)=O)nc(-c3ccccc3)nc2[nH]1. The lowest BCUT2D eigenvalue weighted by atomic mass is 10.2. The highest BCUT2D eigenvalue weighted by atomic mass is 35.5. The topological polar surface area (TPSA) is 163 Å².